The molecule has 7 nitrogen and oxygen atoms in total. The first kappa shape index (κ1) is 27.2. The number of methoxy groups -OCH3 is 1. The van der Waals surface area contributed by atoms with Crippen molar-refractivity contribution in [2.75, 3.05) is 33.2 Å². The van der Waals surface area contributed by atoms with E-state index >= 15 is 0 Å². The number of anilines is 2. The van der Waals surface area contributed by atoms with E-state index in [1.165, 1.54) is 21.8 Å². The molecule has 4 rings (SSSR count). The molecule has 1 heterocycles. The lowest BCUT2D eigenvalue weighted by Crippen LogP contribution is -2.32. The standard InChI is InChI=1S/C25H24I2N2O5S2/c1-3-14-28(35(30,31)19-10-6-4-7-11-19)25-22(34-2)15-21-23(24(25)27)18(16-26)17-29(21)36(32,33)20-12-8-5-9-13-20/h3-13,15,18H,1,14,16-17H2,2H3. The highest BCUT2D eigenvalue weighted by Gasteiger charge is 2.41. The Kier molecular flexibility index (Phi) is 8.22. The van der Waals surface area contributed by atoms with E-state index in [9.17, 15) is 16.8 Å². The number of hydrogen-bond donors (Lipinski definition) is 0. The molecule has 0 N–H and O–H groups in total. The van der Waals surface area contributed by atoms with Crippen LogP contribution in [0.3, 0.4) is 0 Å². The predicted octanol–water partition coefficient (Wildman–Crippen LogP) is 5.41. The number of ether oxygens (including phenoxy) is 1. The summed E-state index contributed by atoms with van der Waals surface area (Å²) in [5.41, 5.74) is 1.66. The second-order valence-electron chi connectivity index (χ2n) is 8.01. The highest BCUT2D eigenvalue weighted by molar-refractivity contribution is 14.1. The Morgan fingerprint density at radius 1 is 1.06 bits per heavy atom. The van der Waals surface area contributed by atoms with Gasteiger partial charge in [0.1, 0.15) is 11.4 Å². The van der Waals surface area contributed by atoms with Crippen molar-refractivity contribution >= 4 is 76.6 Å². The molecule has 3 aromatic rings. The molecule has 0 radical (unpaired) electrons. The number of benzene rings is 3. The number of halogens is 2. The summed E-state index contributed by atoms with van der Waals surface area (Å²) in [5, 5.41) is 0. The van der Waals surface area contributed by atoms with Gasteiger partial charge < -0.3 is 4.74 Å². The number of alkyl halides is 1. The maximum absolute atomic E-state index is 13.7. The van der Waals surface area contributed by atoms with Crippen LogP contribution in [-0.2, 0) is 20.0 Å². The Morgan fingerprint density at radius 3 is 2.17 bits per heavy atom. The van der Waals surface area contributed by atoms with E-state index in [0.29, 0.717) is 19.4 Å². The van der Waals surface area contributed by atoms with Crippen molar-refractivity contribution in [1.82, 2.24) is 0 Å². The fourth-order valence-corrected chi connectivity index (χ4v) is 9.39. The first-order valence-corrected chi connectivity index (χ1v) is 16.4. The summed E-state index contributed by atoms with van der Waals surface area (Å²) in [6.45, 7) is 4.03. The summed E-state index contributed by atoms with van der Waals surface area (Å²) in [7, 11) is -6.34. The smallest absolute Gasteiger partial charge is 0.264 e. The van der Waals surface area contributed by atoms with Crippen molar-refractivity contribution in [3.63, 3.8) is 0 Å². The zero-order valence-electron chi connectivity index (χ0n) is 19.3. The second kappa shape index (κ2) is 10.9. The van der Waals surface area contributed by atoms with Crippen molar-refractivity contribution in [2.24, 2.45) is 0 Å². The van der Waals surface area contributed by atoms with E-state index in [1.54, 1.807) is 66.7 Å². The Labute approximate surface area is 239 Å². The summed E-state index contributed by atoms with van der Waals surface area (Å²) in [6, 6.07) is 18.1. The third-order valence-corrected chi connectivity index (χ3v) is 11.6. The van der Waals surface area contributed by atoms with Gasteiger partial charge in [0, 0.05) is 26.5 Å². The summed E-state index contributed by atoms with van der Waals surface area (Å²) in [5.74, 6) is 0.141. The fraction of sp³-hybridized carbons (Fsp3) is 0.200. The van der Waals surface area contributed by atoms with Gasteiger partial charge in [0.15, 0.2) is 0 Å². The Morgan fingerprint density at radius 2 is 1.64 bits per heavy atom. The molecule has 0 spiro atoms. The number of rotatable bonds is 9. The molecule has 0 amide bonds. The summed E-state index contributed by atoms with van der Waals surface area (Å²) < 4.78 is 64.3. The topological polar surface area (TPSA) is 84.0 Å². The Balaban J connectivity index is 1.95. The zero-order chi connectivity index (χ0) is 26.1. The van der Waals surface area contributed by atoms with E-state index in [2.05, 4.69) is 51.8 Å². The lowest BCUT2D eigenvalue weighted by atomic mass is 10.0. The van der Waals surface area contributed by atoms with E-state index in [0.717, 1.165) is 5.56 Å². The normalized spacial score (nSPS) is 15.4. The highest BCUT2D eigenvalue weighted by Crippen LogP contribution is 2.50. The number of nitrogens with zero attached hydrogens (tertiary/aromatic N) is 2. The van der Waals surface area contributed by atoms with Crippen LogP contribution in [-0.4, -0.2) is 41.5 Å². The van der Waals surface area contributed by atoms with E-state index in [1.807, 2.05) is 0 Å². The van der Waals surface area contributed by atoms with Crippen molar-refractivity contribution in [3.05, 3.63) is 88.5 Å². The minimum absolute atomic E-state index is 0.0172. The van der Waals surface area contributed by atoms with Gasteiger partial charge in [-0.25, -0.2) is 16.8 Å². The average Bonchev–Trinajstić information content (AvgIpc) is 3.28. The molecule has 0 aliphatic carbocycles. The van der Waals surface area contributed by atoms with Crippen LogP contribution in [0.4, 0.5) is 11.4 Å². The highest BCUT2D eigenvalue weighted by atomic mass is 127. The van der Waals surface area contributed by atoms with Crippen LogP contribution in [0.15, 0.2) is 89.2 Å². The van der Waals surface area contributed by atoms with Gasteiger partial charge in [0.2, 0.25) is 0 Å². The van der Waals surface area contributed by atoms with E-state index < -0.39 is 20.0 Å². The monoisotopic (exact) mass is 750 g/mol. The summed E-state index contributed by atoms with van der Waals surface area (Å²) >= 11 is 4.36. The average molecular weight is 750 g/mol. The van der Waals surface area contributed by atoms with Crippen molar-refractivity contribution in [2.45, 2.75) is 15.7 Å². The van der Waals surface area contributed by atoms with Crippen LogP contribution in [0.1, 0.15) is 11.5 Å². The summed E-state index contributed by atoms with van der Waals surface area (Å²) in [4.78, 5) is 0.340. The Bertz CT molecular complexity index is 1480. The van der Waals surface area contributed by atoms with E-state index in [-0.39, 0.29) is 34.5 Å². The lowest BCUT2D eigenvalue weighted by Gasteiger charge is -2.28. The SMILES string of the molecule is C=CCN(c1c(OC)cc2c(c1I)C(CI)CN2S(=O)(=O)c1ccccc1)S(=O)(=O)c1ccccc1. The molecule has 0 aromatic heterocycles. The van der Waals surface area contributed by atoms with Gasteiger partial charge in [-0.15, -0.1) is 6.58 Å². The predicted molar refractivity (Wildman–Crippen MR) is 159 cm³/mol. The van der Waals surface area contributed by atoms with Gasteiger partial charge >= 0.3 is 0 Å². The molecule has 1 unspecified atom stereocenters. The molecular weight excluding hydrogens is 726 g/mol. The van der Waals surface area contributed by atoms with Crippen LogP contribution < -0.4 is 13.3 Å². The maximum Gasteiger partial charge on any atom is 0.264 e. The molecule has 11 heteroatoms. The molecule has 190 valence electrons. The van der Waals surface area contributed by atoms with Gasteiger partial charge in [-0.05, 0) is 52.4 Å². The lowest BCUT2D eigenvalue weighted by molar-refractivity contribution is 0.415. The van der Waals surface area contributed by atoms with Crippen molar-refractivity contribution in [3.8, 4) is 5.75 Å². The van der Waals surface area contributed by atoms with Crippen molar-refractivity contribution < 1.29 is 21.6 Å². The Hall–Kier alpha value is -1.84. The summed E-state index contributed by atoms with van der Waals surface area (Å²) in [6.07, 6.45) is 1.52. The van der Waals surface area contributed by atoms with Crippen LogP contribution in [0.25, 0.3) is 0 Å². The van der Waals surface area contributed by atoms with Crippen LogP contribution in [0.2, 0.25) is 0 Å². The molecule has 1 aliphatic heterocycles. The molecule has 3 aromatic carbocycles. The third-order valence-electron chi connectivity index (χ3n) is 5.90. The third kappa shape index (κ3) is 4.74. The van der Waals surface area contributed by atoms with Gasteiger partial charge in [-0.3, -0.25) is 8.61 Å². The van der Waals surface area contributed by atoms with Gasteiger partial charge in [0.05, 0.1) is 29.1 Å². The minimum Gasteiger partial charge on any atom is -0.494 e. The fourth-order valence-electron chi connectivity index (χ4n) is 4.21. The van der Waals surface area contributed by atoms with Gasteiger partial charge in [0.25, 0.3) is 20.0 Å². The molecule has 0 fully saturated rings. The first-order valence-electron chi connectivity index (χ1n) is 10.9. The molecule has 0 bridgehead atoms. The van der Waals surface area contributed by atoms with Gasteiger partial charge in [-0.2, -0.15) is 0 Å². The van der Waals surface area contributed by atoms with Crippen molar-refractivity contribution in [1.29, 1.82) is 0 Å². The van der Waals surface area contributed by atoms with Gasteiger partial charge in [-0.1, -0.05) is 65.1 Å². The van der Waals surface area contributed by atoms with E-state index in [4.69, 9.17) is 4.74 Å². The van der Waals surface area contributed by atoms with Crippen LogP contribution >= 0.6 is 45.2 Å². The number of fused-ring (bicyclic) bond motifs is 1. The zero-order valence-corrected chi connectivity index (χ0v) is 25.3. The number of sulfonamides is 2. The minimum atomic E-state index is -3.95. The molecular formula is C25H24I2N2O5S2. The molecule has 0 saturated heterocycles. The second-order valence-corrected chi connectivity index (χ2v) is 13.7. The maximum atomic E-state index is 13.7. The van der Waals surface area contributed by atoms with Crippen LogP contribution in [0, 0.1) is 3.57 Å². The molecule has 0 saturated carbocycles. The molecule has 1 atom stereocenters. The quantitative estimate of drug-likeness (QED) is 0.166. The molecule has 1 aliphatic rings. The number of hydrogen-bond acceptors (Lipinski definition) is 5. The van der Waals surface area contributed by atoms with Crippen LogP contribution in [0.5, 0.6) is 5.75 Å². The molecule has 36 heavy (non-hydrogen) atoms. The first-order chi connectivity index (χ1) is 17.2. The largest absolute Gasteiger partial charge is 0.494 e.